The molecule has 3 heterocycles. The first-order valence-corrected chi connectivity index (χ1v) is 11.1. The third-order valence-corrected chi connectivity index (χ3v) is 7.93. The molecule has 3 aliphatic rings. The SMILES string of the molecule is CC1(C)CN(C(=O)NCc2ccc(N3CCCS3(=O)=O)cc2)[C@@H]2COC[C@@H]21. The number of carbonyl (C=O) groups excluding carboxylic acids is 1. The fourth-order valence-corrected chi connectivity index (χ4v) is 6.05. The highest BCUT2D eigenvalue weighted by atomic mass is 32.2. The van der Waals surface area contributed by atoms with E-state index in [0.29, 0.717) is 37.7 Å². The fraction of sp³-hybridized carbons (Fsp3) is 0.632. The van der Waals surface area contributed by atoms with Crippen LogP contribution in [0.25, 0.3) is 0 Å². The molecule has 4 rings (SSSR count). The molecule has 0 aliphatic carbocycles. The Morgan fingerprint density at radius 3 is 2.67 bits per heavy atom. The van der Waals surface area contributed by atoms with Crippen LogP contribution < -0.4 is 9.62 Å². The monoisotopic (exact) mass is 393 g/mol. The maximum atomic E-state index is 12.7. The molecule has 0 unspecified atom stereocenters. The number of benzene rings is 1. The highest BCUT2D eigenvalue weighted by molar-refractivity contribution is 7.93. The average Bonchev–Trinajstić information content (AvgIpc) is 3.30. The molecule has 0 radical (unpaired) electrons. The van der Waals surface area contributed by atoms with Crippen molar-refractivity contribution < 1.29 is 17.9 Å². The number of nitrogens with zero attached hydrogens (tertiary/aromatic N) is 2. The van der Waals surface area contributed by atoms with Gasteiger partial charge in [-0.1, -0.05) is 26.0 Å². The van der Waals surface area contributed by atoms with Crippen LogP contribution in [0.4, 0.5) is 10.5 Å². The molecule has 3 aliphatic heterocycles. The fourth-order valence-electron chi connectivity index (χ4n) is 4.48. The molecule has 148 valence electrons. The number of rotatable bonds is 3. The van der Waals surface area contributed by atoms with Crippen LogP contribution in [0.1, 0.15) is 25.8 Å². The van der Waals surface area contributed by atoms with E-state index in [1.165, 1.54) is 4.31 Å². The minimum absolute atomic E-state index is 0.0627. The Morgan fingerprint density at radius 2 is 2.00 bits per heavy atom. The molecule has 3 saturated heterocycles. The van der Waals surface area contributed by atoms with Crippen LogP contribution in [0.5, 0.6) is 0 Å². The summed E-state index contributed by atoms with van der Waals surface area (Å²) in [6.45, 7) is 7.41. The van der Waals surface area contributed by atoms with E-state index in [1.54, 1.807) is 0 Å². The van der Waals surface area contributed by atoms with E-state index in [1.807, 2.05) is 29.2 Å². The lowest BCUT2D eigenvalue weighted by atomic mass is 9.80. The van der Waals surface area contributed by atoms with Crippen LogP contribution in [0.15, 0.2) is 24.3 Å². The van der Waals surface area contributed by atoms with Gasteiger partial charge in [-0.05, 0) is 29.5 Å². The Labute approximate surface area is 160 Å². The number of sulfonamides is 1. The van der Waals surface area contributed by atoms with Gasteiger partial charge in [-0.15, -0.1) is 0 Å². The van der Waals surface area contributed by atoms with E-state index < -0.39 is 10.0 Å². The first-order valence-electron chi connectivity index (χ1n) is 9.49. The normalized spacial score (nSPS) is 28.4. The molecule has 2 amide bonds. The van der Waals surface area contributed by atoms with Gasteiger partial charge in [0.15, 0.2) is 0 Å². The maximum absolute atomic E-state index is 12.7. The van der Waals surface area contributed by atoms with Gasteiger partial charge in [0.2, 0.25) is 10.0 Å². The van der Waals surface area contributed by atoms with E-state index in [4.69, 9.17) is 4.74 Å². The number of urea groups is 1. The van der Waals surface area contributed by atoms with Crippen LogP contribution >= 0.6 is 0 Å². The van der Waals surface area contributed by atoms with Crippen molar-refractivity contribution in [1.29, 1.82) is 0 Å². The van der Waals surface area contributed by atoms with E-state index in [2.05, 4.69) is 19.2 Å². The highest BCUT2D eigenvalue weighted by Crippen LogP contribution is 2.43. The molecule has 0 saturated carbocycles. The highest BCUT2D eigenvalue weighted by Gasteiger charge is 2.51. The second kappa shape index (κ2) is 6.67. The largest absolute Gasteiger partial charge is 0.379 e. The van der Waals surface area contributed by atoms with E-state index in [0.717, 1.165) is 18.7 Å². The molecule has 2 atom stereocenters. The predicted molar refractivity (Wildman–Crippen MR) is 103 cm³/mol. The second-order valence-corrected chi connectivity index (χ2v) is 10.4. The molecule has 3 fully saturated rings. The maximum Gasteiger partial charge on any atom is 0.318 e. The first-order chi connectivity index (χ1) is 12.8. The van der Waals surface area contributed by atoms with Crippen molar-refractivity contribution in [2.24, 2.45) is 11.3 Å². The van der Waals surface area contributed by atoms with Crippen LogP contribution in [-0.4, -0.2) is 57.4 Å². The zero-order valence-electron chi connectivity index (χ0n) is 15.8. The summed E-state index contributed by atoms with van der Waals surface area (Å²) < 4.78 is 31.1. The van der Waals surface area contributed by atoms with E-state index in [-0.39, 0.29) is 23.2 Å². The molecule has 0 spiro atoms. The lowest BCUT2D eigenvalue weighted by Crippen LogP contribution is -2.44. The van der Waals surface area contributed by atoms with Crippen LogP contribution in [0.2, 0.25) is 0 Å². The summed E-state index contributed by atoms with van der Waals surface area (Å²) >= 11 is 0. The summed E-state index contributed by atoms with van der Waals surface area (Å²) in [6, 6.07) is 7.46. The molecule has 1 N–H and O–H groups in total. The molecular formula is C19H27N3O4S. The number of ether oxygens (including phenoxy) is 1. The number of carbonyl (C=O) groups is 1. The van der Waals surface area contributed by atoms with Crippen molar-refractivity contribution in [3.63, 3.8) is 0 Å². The predicted octanol–water partition coefficient (Wildman–Crippen LogP) is 1.79. The van der Waals surface area contributed by atoms with E-state index in [9.17, 15) is 13.2 Å². The summed E-state index contributed by atoms with van der Waals surface area (Å²) in [5.41, 5.74) is 1.71. The summed E-state index contributed by atoms with van der Waals surface area (Å²) in [5, 5.41) is 3.00. The van der Waals surface area contributed by atoms with Gasteiger partial charge >= 0.3 is 6.03 Å². The first kappa shape index (κ1) is 18.6. The summed E-state index contributed by atoms with van der Waals surface area (Å²) in [4.78, 5) is 14.6. The quantitative estimate of drug-likeness (QED) is 0.849. The molecule has 0 bridgehead atoms. The molecule has 0 aromatic heterocycles. The topological polar surface area (TPSA) is 79.0 Å². The summed E-state index contributed by atoms with van der Waals surface area (Å²) in [7, 11) is -3.16. The smallest absolute Gasteiger partial charge is 0.318 e. The third kappa shape index (κ3) is 3.40. The van der Waals surface area contributed by atoms with Crippen LogP contribution in [-0.2, 0) is 21.3 Å². The van der Waals surface area contributed by atoms with Gasteiger partial charge in [0.05, 0.1) is 30.7 Å². The van der Waals surface area contributed by atoms with Crippen molar-refractivity contribution in [3.8, 4) is 0 Å². The second-order valence-electron chi connectivity index (χ2n) is 8.39. The molecule has 8 heteroatoms. The Bertz CT molecular complexity index is 822. The Balaban J connectivity index is 1.37. The van der Waals surface area contributed by atoms with E-state index >= 15 is 0 Å². The third-order valence-electron chi connectivity index (χ3n) is 6.06. The number of amides is 2. The molecule has 7 nitrogen and oxygen atoms in total. The van der Waals surface area contributed by atoms with Crippen LogP contribution in [0.3, 0.4) is 0 Å². The van der Waals surface area contributed by atoms with Gasteiger partial charge in [-0.3, -0.25) is 4.31 Å². The van der Waals surface area contributed by atoms with Gasteiger partial charge in [0.25, 0.3) is 0 Å². The lowest BCUT2D eigenvalue weighted by Gasteiger charge is -2.24. The van der Waals surface area contributed by atoms with Gasteiger partial charge in [-0.25, -0.2) is 13.2 Å². The van der Waals surface area contributed by atoms with Crippen molar-refractivity contribution in [1.82, 2.24) is 10.2 Å². The van der Waals surface area contributed by atoms with Crippen molar-refractivity contribution in [2.45, 2.75) is 32.9 Å². The molecule has 27 heavy (non-hydrogen) atoms. The van der Waals surface area contributed by atoms with Gasteiger partial charge in [0, 0.05) is 25.6 Å². The Kier molecular flexibility index (Phi) is 4.58. The molecular weight excluding hydrogens is 366 g/mol. The standard InChI is InChI=1S/C19H27N3O4S/c1-19(2)13-21(17-12-26-11-16(17)19)18(23)20-10-14-4-6-15(7-5-14)22-8-3-9-27(22,24)25/h4-7,16-17H,3,8-13H2,1-2H3,(H,20,23)/t16-,17+/m0/s1. The number of anilines is 1. The van der Waals surface area contributed by atoms with Crippen molar-refractivity contribution in [2.75, 3.05) is 36.4 Å². The van der Waals surface area contributed by atoms with Gasteiger partial charge in [-0.2, -0.15) is 0 Å². The minimum atomic E-state index is -3.16. The number of likely N-dealkylation sites (tertiary alicyclic amines) is 1. The Hall–Kier alpha value is -1.80. The molecule has 1 aromatic carbocycles. The Morgan fingerprint density at radius 1 is 1.26 bits per heavy atom. The zero-order chi connectivity index (χ0) is 19.2. The van der Waals surface area contributed by atoms with Gasteiger partial charge < -0.3 is 15.0 Å². The lowest BCUT2D eigenvalue weighted by molar-refractivity contribution is 0.124. The summed E-state index contributed by atoms with van der Waals surface area (Å²) in [6.07, 6.45) is 0.665. The minimum Gasteiger partial charge on any atom is -0.379 e. The number of hydrogen-bond donors (Lipinski definition) is 1. The average molecular weight is 394 g/mol. The van der Waals surface area contributed by atoms with Crippen molar-refractivity contribution in [3.05, 3.63) is 29.8 Å². The van der Waals surface area contributed by atoms with Gasteiger partial charge in [0.1, 0.15) is 0 Å². The molecule has 1 aromatic rings. The summed E-state index contributed by atoms with van der Waals surface area (Å²) in [5.74, 6) is 0.605. The van der Waals surface area contributed by atoms with Crippen LogP contribution in [0, 0.1) is 11.3 Å². The number of hydrogen-bond acceptors (Lipinski definition) is 4. The van der Waals surface area contributed by atoms with Crippen molar-refractivity contribution >= 4 is 21.7 Å². The number of fused-ring (bicyclic) bond motifs is 1. The zero-order valence-corrected chi connectivity index (χ0v) is 16.7. The number of nitrogens with one attached hydrogen (secondary N) is 1.